The van der Waals surface area contributed by atoms with Gasteiger partial charge in [-0.05, 0) is 91.4 Å². The first kappa shape index (κ1) is 25.1. The third kappa shape index (κ3) is 6.34. The van der Waals surface area contributed by atoms with Crippen molar-refractivity contribution in [1.29, 1.82) is 0 Å². The van der Waals surface area contributed by atoms with Crippen LogP contribution in [0.4, 0.5) is 0 Å². The van der Waals surface area contributed by atoms with E-state index in [2.05, 4.69) is 31.0 Å². The second-order valence-corrected chi connectivity index (χ2v) is 9.51. The van der Waals surface area contributed by atoms with Gasteiger partial charge in [0.25, 0.3) is 0 Å². The first-order valence-corrected chi connectivity index (χ1v) is 11.7. The molecule has 0 aliphatic rings. The Hall–Kier alpha value is -4.04. The molecular weight excluding hydrogens is 460 g/mol. The number of benzene rings is 3. The predicted molar refractivity (Wildman–Crippen MR) is 137 cm³/mol. The average Bonchev–Trinajstić information content (AvgIpc) is 3.13. The van der Waals surface area contributed by atoms with E-state index in [0.29, 0.717) is 12.4 Å². The zero-order valence-electron chi connectivity index (χ0n) is 20.8. The van der Waals surface area contributed by atoms with Crippen LogP contribution < -0.4 is 20.9 Å². The van der Waals surface area contributed by atoms with E-state index in [0.717, 1.165) is 43.9 Å². The molecule has 0 saturated heterocycles. The van der Waals surface area contributed by atoms with E-state index >= 15 is 0 Å². The van der Waals surface area contributed by atoms with Crippen molar-refractivity contribution in [2.45, 2.75) is 46.4 Å². The molecule has 0 atom stereocenters. The van der Waals surface area contributed by atoms with Gasteiger partial charge in [-0.3, -0.25) is 0 Å². The van der Waals surface area contributed by atoms with Crippen LogP contribution in [0.25, 0.3) is 11.1 Å². The Balaban J connectivity index is 1.43. The summed E-state index contributed by atoms with van der Waals surface area (Å²) in [5, 5.41) is 9.93. The summed E-state index contributed by atoms with van der Waals surface area (Å²) in [4.78, 5) is 24.8. The zero-order chi connectivity index (χ0) is 25.9. The molecule has 0 fully saturated rings. The van der Waals surface area contributed by atoms with Crippen molar-refractivity contribution < 1.29 is 19.1 Å². The Morgan fingerprint density at radius 3 is 2.22 bits per heavy atom. The van der Waals surface area contributed by atoms with E-state index in [4.69, 9.17) is 14.0 Å². The molecule has 36 heavy (non-hydrogen) atoms. The molecule has 1 aromatic heterocycles. The number of ether oxygens (including phenoxy) is 2. The summed E-state index contributed by atoms with van der Waals surface area (Å²) in [5.74, 6) is 0.651. The molecule has 0 aliphatic heterocycles. The summed E-state index contributed by atoms with van der Waals surface area (Å²) in [5.41, 5.74) is 4.76. The summed E-state index contributed by atoms with van der Waals surface area (Å²) in [7, 11) is 0. The second kappa shape index (κ2) is 10.3. The van der Waals surface area contributed by atoms with Crippen molar-refractivity contribution in [2.24, 2.45) is 0 Å². The van der Waals surface area contributed by atoms with Crippen molar-refractivity contribution in [1.82, 2.24) is 9.72 Å². The first-order valence-electron chi connectivity index (χ1n) is 11.7. The highest BCUT2D eigenvalue weighted by molar-refractivity contribution is 5.72. The molecule has 4 aromatic rings. The smallest absolute Gasteiger partial charge is 0.440 e. The molecule has 0 bridgehead atoms. The van der Waals surface area contributed by atoms with Gasteiger partial charge >= 0.3 is 11.4 Å². The Bertz CT molecular complexity index is 1430. The van der Waals surface area contributed by atoms with E-state index in [-0.39, 0.29) is 13.2 Å². The van der Waals surface area contributed by atoms with E-state index in [1.807, 2.05) is 48.5 Å². The summed E-state index contributed by atoms with van der Waals surface area (Å²) < 4.78 is 17.5. The normalized spacial score (nSPS) is 11.5. The second-order valence-electron chi connectivity index (χ2n) is 9.51. The highest BCUT2D eigenvalue weighted by atomic mass is 16.5. The SMILES string of the molecule is Cc1cc(OCC(C)(C)O)cc(C)c1-c1cccc(COc2ccc(Cn3oc(=O)[nH]c3=O)cc2)c1. The van der Waals surface area contributed by atoms with Crippen LogP contribution in [0.2, 0.25) is 0 Å². The molecule has 3 aromatic carbocycles. The first-order chi connectivity index (χ1) is 17.1. The summed E-state index contributed by atoms with van der Waals surface area (Å²) in [6.45, 7) is 8.31. The lowest BCUT2D eigenvalue weighted by Gasteiger charge is -2.19. The molecule has 0 saturated carbocycles. The van der Waals surface area contributed by atoms with Gasteiger partial charge < -0.3 is 19.1 Å². The third-order valence-electron chi connectivity index (χ3n) is 5.60. The molecule has 188 valence electrons. The van der Waals surface area contributed by atoms with Crippen molar-refractivity contribution in [2.75, 3.05) is 6.61 Å². The Kier molecular flexibility index (Phi) is 7.17. The van der Waals surface area contributed by atoms with E-state index in [1.54, 1.807) is 13.8 Å². The zero-order valence-corrected chi connectivity index (χ0v) is 20.8. The van der Waals surface area contributed by atoms with Gasteiger partial charge in [-0.15, -0.1) is 4.74 Å². The number of hydrogen-bond donors (Lipinski definition) is 2. The molecule has 1 heterocycles. The lowest BCUT2D eigenvalue weighted by molar-refractivity contribution is 0.0284. The van der Waals surface area contributed by atoms with Gasteiger partial charge in [-0.1, -0.05) is 30.3 Å². The highest BCUT2D eigenvalue weighted by Crippen LogP contribution is 2.32. The number of nitrogens with one attached hydrogen (secondary N) is 1. The maximum absolute atomic E-state index is 11.6. The van der Waals surface area contributed by atoms with Crippen LogP contribution in [0.1, 0.15) is 36.1 Å². The monoisotopic (exact) mass is 490 g/mol. The van der Waals surface area contributed by atoms with Crippen LogP contribution in [0.5, 0.6) is 11.5 Å². The van der Waals surface area contributed by atoms with Gasteiger partial charge in [0.05, 0.1) is 12.1 Å². The van der Waals surface area contributed by atoms with E-state index < -0.39 is 17.0 Å². The number of nitrogens with zero attached hydrogens (tertiary/aromatic N) is 1. The van der Waals surface area contributed by atoms with Gasteiger partial charge in [-0.25, -0.2) is 14.6 Å². The number of rotatable bonds is 9. The summed E-state index contributed by atoms with van der Waals surface area (Å²) in [6.07, 6.45) is 0. The third-order valence-corrected chi connectivity index (χ3v) is 5.60. The number of aryl methyl sites for hydroxylation is 2. The van der Waals surface area contributed by atoms with Crippen molar-refractivity contribution in [3.8, 4) is 22.6 Å². The van der Waals surface area contributed by atoms with Gasteiger partial charge in [-0.2, -0.15) is 0 Å². The number of aromatic amines is 1. The molecule has 8 nitrogen and oxygen atoms in total. The Labute approximate surface area is 208 Å². The molecule has 2 N–H and O–H groups in total. The topological polar surface area (TPSA) is 107 Å². The standard InChI is InChI=1S/C28H30N2O6/c1-18-12-24(35-17-28(3,4)33)13-19(2)25(18)22-7-5-6-21(14-22)16-34-23-10-8-20(9-11-23)15-30-26(31)29-27(32)36-30/h5-14,33H,15-17H2,1-4H3,(H,29,31,32). The minimum atomic E-state index is -0.894. The minimum absolute atomic E-state index is 0.153. The van der Waals surface area contributed by atoms with E-state index in [1.165, 1.54) is 0 Å². The molecule has 0 radical (unpaired) electrons. The number of aromatic nitrogens is 2. The largest absolute Gasteiger partial charge is 0.491 e. The Morgan fingerprint density at radius 1 is 0.917 bits per heavy atom. The summed E-state index contributed by atoms with van der Waals surface area (Å²) in [6, 6.07) is 19.5. The predicted octanol–water partition coefficient (Wildman–Crippen LogP) is 4.19. The molecule has 0 spiro atoms. The van der Waals surface area contributed by atoms with Crippen molar-refractivity contribution >= 4 is 0 Å². The lowest BCUT2D eigenvalue weighted by atomic mass is 9.94. The fourth-order valence-electron chi connectivity index (χ4n) is 3.98. The van der Waals surface area contributed by atoms with Crippen molar-refractivity contribution in [3.05, 3.63) is 104 Å². The van der Waals surface area contributed by atoms with Gasteiger partial charge in [0.15, 0.2) is 0 Å². The fourth-order valence-corrected chi connectivity index (χ4v) is 3.98. The van der Waals surface area contributed by atoms with Crippen LogP contribution in [0, 0.1) is 13.8 Å². The fraction of sp³-hybridized carbons (Fsp3) is 0.286. The molecule has 0 aliphatic carbocycles. The van der Waals surface area contributed by atoms with Crippen LogP contribution in [0.3, 0.4) is 0 Å². The Morgan fingerprint density at radius 2 is 1.61 bits per heavy atom. The maximum atomic E-state index is 11.6. The van der Waals surface area contributed by atoms with Crippen molar-refractivity contribution in [3.63, 3.8) is 0 Å². The number of aliphatic hydroxyl groups is 1. The van der Waals surface area contributed by atoms with E-state index in [9.17, 15) is 14.7 Å². The summed E-state index contributed by atoms with van der Waals surface area (Å²) >= 11 is 0. The molecule has 4 rings (SSSR count). The molecule has 0 unspecified atom stereocenters. The van der Waals surface area contributed by atoms with Gasteiger partial charge in [0.1, 0.15) is 24.7 Å². The number of hydrogen-bond acceptors (Lipinski definition) is 6. The van der Waals surface area contributed by atoms with Crippen LogP contribution in [-0.4, -0.2) is 27.0 Å². The molecular formula is C28H30N2O6. The van der Waals surface area contributed by atoms with Gasteiger partial charge in [0, 0.05) is 0 Å². The maximum Gasteiger partial charge on any atom is 0.440 e. The van der Waals surface area contributed by atoms with Crippen LogP contribution >= 0.6 is 0 Å². The van der Waals surface area contributed by atoms with Crippen LogP contribution in [0.15, 0.2) is 74.8 Å². The lowest BCUT2D eigenvalue weighted by Crippen LogP contribution is -2.27. The van der Waals surface area contributed by atoms with Gasteiger partial charge in [0.2, 0.25) is 0 Å². The quantitative estimate of drug-likeness (QED) is 0.364. The number of H-pyrrole nitrogens is 1. The minimum Gasteiger partial charge on any atom is -0.491 e. The molecule has 8 heteroatoms. The highest BCUT2D eigenvalue weighted by Gasteiger charge is 2.15. The average molecular weight is 491 g/mol. The molecule has 0 amide bonds. The van der Waals surface area contributed by atoms with Crippen LogP contribution in [-0.2, 0) is 13.2 Å².